The van der Waals surface area contributed by atoms with Crippen molar-refractivity contribution in [2.24, 2.45) is 0 Å². The van der Waals surface area contributed by atoms with Gasteiger partial charge in [-0.1, -0.05) is 34.6 Å². The summed E-state index contributed by atoms with van der Waals surface area (Å²) < 4.78 is 5.22. The van der Waals surface area contributed by atoms with Gasteiger partial charge >= 0.3 is 11.9 Å². The second kappa shape index (κ2) is 5.47. The molecule has 1 aromatic carbocycles. The Balaban J connectivity index is 2.06. The Kier molecular flexibility index (Phi) is 3.28. The van der Waals surface area contributed by atoms with E-state index in [1.165, 1.54) is 6.20 Å². The Morgan fingerprint density at radius 3 is 2.67 bits per heavy atom. The van der Waals surface area contributed by atoms with Gasteiger partial charge in [0.1, 0.15) is 11.2 Å². The minimum absolute atomic E-state index is 0.0567. The van der Waals surface area contributed by atoms with Crippen molar-refractivity contribution in [3.05, 3.63) is 53.7 Å². The number of esters is 1. The fourth-order valence-corrected chi connectivity index (χ4v) is 2.60. The Morgan fingerprint density at radius 2 is 1.83 bits per heavy atom. The molecule has 1 aliphatic rings. The topological polar surface area (TPSA) is 83.3 Å². The molecule has 1 aliphatic heterocycles. The molecule has 0 saturated carbocycles. The zero-order chi connectivity index (χ0) is 16.7. The predicted octanol–water partition coefficient (Wildman–Crippen LogP) is 2.18. The van der Waals surface area contributed by atoms with Gasteiger partial charge in [0.2, 0.25) is 5.88 Å². The van der Waals surface area contributed by atoms with E-state index >= 15 is 0 Å². The summed E-state index contributed by atoms with van der Waals surface area (Å²) in [5.41, 5.74) is 1.41. The molecule has 24 heavy (non-hydrogen) atoms. The van der Waals surface area contributed by atoms with E-state index in [4.69, 9.17) is 21.2 Å². The normalized spacial score (nSPS) is 15.2. The van der Waals surface area contributed by atoms with Gasteiger partial charge in [-0.3, -0.25) is 0 Å². The molecule has 0 fully saturated rings. The molecule has 8 heteroatoms. The number of ether oxygens (including phenoxy) is 1. The average molecular weight is 342 g/mol. The molecule has 0 N–H and O–H groups in total. The molecule has 0 radical (unpaired) electrons. The van der Waals surface area contributed by atoms with Crippen LogP contribution in [0.5, 0.6) is 5.88 Å². The van der Waals surface area contributed by atoms with Crippen LogP contribution < -0.4 is 9.57 Å². The second-order valence-corrected chi connectivity index (χ2v) is 5.28. The molecule has 0 aliphatic carbocycles. The van der Waals surface area contributed by atoms with Crippen LogP contribution in [-0.4, -0.2) is 26.9 Å². The van der Waals surface area contributed by atoms with Gasteiger partial charge < -0.3 is 9.57 Å². The van der Waals surface area contributed by atoms with Crippen LogP contribution in [0.2, 0.25) is 5.02 Å². The van der Waals surface area contributed by atoms with E-state index in [1.807, 2.05) is 0 Å². The lowest BCUT2D eigenvalue weighted by molar-refractivity contribution is -0.139. The first kappa shape index (κ1) is 14.4. The average Bonchev–Trinajstić information content (AvgIpc) is 2.91. The van der Waals surface area contributed by atoms with Gasteiger partial charge in [0, 0.05) is 23.9 Å². The van der Waals surface area contributed by atoms with Crippen molar-refractivity contribution in [1.29, 1.82) is 0 Å². The van der Waals surface area contributed by atoms with Gasteiger partial charge in [-0.2, -0.15) is 0 Å². The summed E-state index contributed by atoms with van der Waals surface area (Å²) in [6, 6.07) is 8.63. The molecule has 3 heterocycles. The molecule has 0 saturated heterocycles. The monoisotopic (exact) mass is 341 g/mol. The van der Waals surface area contributed by atoms with E-state index in [2.05, 4.69) is 10.1 Å². The van der Waals surface area contributed by atoms with E-state index in [0.717, 1.165) is 17.0 Å². The molecular formula is C16H8ClN3O4. The smallest absolute Gasteiger partial charge is 0.358 e. The van der Waals surface area contributed by atoms with Crippen molar-refractivity contribution in [2.75, 3.05) is 0 Å². The molecule has 0 spiro atoms. The Hall–Kier alpha value is -3.19. The number of hydrogen-bond acceptors (Lipinski definition) is 6. The highest BCUT2D eigenvalue weighted by molar-refractivity contribution is 6.33. The van der Waals surface area contributed by atoms with Crippen LogP contribution in [0.3, 0.4) is 0 Å². The Bertz CT molecular complexity index is 1030. The predicted molar refractivity (Wildman–Crippen MR) is 84.3 cm³/mol. The van der Waals surface area contributed by atoms with Crippen molar-refractivity contribution in [2.45, 2.75) is 0 Å². The van der Waals surface area contributed by atoms with Crippen molar-refractivity contribution in [1.82, 2.24) is 14.9 Å². The zero-order valence-corrected chi connectivity index (χ0v) is 12.7. The first-order valence-electron chi connectivity index (χ1n) is 6.88. The molecule has 0 amide bonds. The lowest BCUT2D eigenvalue weighted by Gasteiger charge is -2.06. The number of hydrogen-bond donors (Lipinski definition) is 0. The summed E-state index contributed by atoms with van der Waals surface area (Å²) in [6.45, 7) is 0. The minimum atomic E-state index is -0.762. The number of benzene rings is 1. The standard InChI is InChI=1S/C16H8ClN3O4/c17-10-4-2-1-3-9(10)15-14-11-7-8-18-16(14)23-12(21)5-6-13(22)24-20(11)19-15/h1-8H/b6-5-. The Morgan fingerprint density at radius 1 is 1.04 bits per heavy atom. The van der Waals surface area contributed by atoms with Gasteiger partial charge in [-0.15, -0.1) is 5.10 Å². The fraction of sp³-hybridized carbons (Fsp3) is 0. The van der Waals surface area contributed by atoms with Crippen LogP contribution in [-0.2, 0) is 9.59 Å². The number of carbonyl (C=O) groups excluding carboxylic acids is 2. The molecule has 7 nitrogen and oxygen atoms in total. The lowest BCUT2D eigenvalue weighted by atomic mass is 10.1. The third-order valence-corrected chi connectivity index (χ3v) is 3.72. The van der Waals surface area contributed by atoms with Crippen molar-refractivity contribution >= 4 is 34.4 Å². The highest BCUT2D eigenvalue weighted by atomic mass is 35.5. The molecule has 3 aromatic rings. The van der Waals surface area contributed by atoms with Crippen LogP contribution in [0, 0.1) is 0 Å². The van der Waals surface area contributed by atoms with Gasteiger partial charge in [0.15, 0.2) is 0 Å². The highest BCUT2D eigenvalue weighted by Crippen LogP contribution is 2.36. The quantitative estimate of drug-likeness (QED) is 0.631. The highest BCUT2D eigenvalue weighted by Gasteiger charge is 2.23. The number of pyridine rings is 1. The summed E-state index contributed by atoms with van der Waals surface area (Å²) in [6.07, 6.45) is 3.35. The number of rotatable bonds is 1. The van der Waals surface area contributed by atoms with E-state index in [9.17, 15) is 9.59 Å². The maximum atomic E-state index is 11.8. The maximum Gasteiger partial charge on any atom is 0.358 e. The fourth-order valence-electron chi connectivity index (χ4n) is 2.38. The number of carbonyl (C=O) groups is 2. The number of aromatic nitrogens is 3. The first-order chi connectivity index (χ1) is 11.6. The van der Waals surface area contributed by atoms with Crippen LogP contribution in [0.1, 0.15) is 0 Å². The summed E-state index contributed by atoms with van der Waals surface area (Å²) in [7, 11) is 0. The summed E-state index contributed by atoms with van der Waals surface area (Å²) in [5.74, 6) is -1.45. The molecular weight excluding hydrogens is 334 g/mol. The number of halogens is 1. The zero-order valence-electron chi connectivity index (χ0n) is 12.0. The molecule has 0 unspecified atom stereocenters. The summed E-state index contributed by atoms with van der Waals surface area (Å²) in [4.78, 5) is 33.9. The van der Waals surface area contributed by atoms with Crippen LogP contribution in [0.4, 0.5) is 0 Å². The van der Waals surface area contributed by atoms with Gasteiger partial charge in [0.25, 0.3) is 0 Å². The van der Waals surface area contributed by atoms with E-state index in [1.54, 1.807) is 30.3 Å². The lowest BCUT2D eigenvalue weighted by Crippen LogP contribution is -2.20. The van der Waals surface area contributed by atoms with Crippen molar-refractivity contribution in [3.63, 3.8) is 0 Å². The van der Waals surface area contributed by atoms with Crippen LogP contribution in [0.15, 0.2) is 48.7 Å². The van der Waals surface area contributed by atoms with Crippen molar-refractivity contribution < 1.29 is 19.2 Å². The molecule has 0 atom stereocenters. The maximum absolute atomic E-state index is 11.8. The van der Waals surface area contributed by atoms with Crippen molar-refractivity contribution in [3.8, 4) is 17.1 Å². The summed E-state index contributed by atoms with van der Waals surface area (Å²) >= 11 is 6.25. The SMILES string of the molecule is O=C1/C=C\C(=O)On2nc(-c3ccccc3Cl)c3c(nccc32)O1. The van der Waals surface area contributed by atoms with Crippen LogP contribution in [0.25, 0.3) is 22.2 Å². The van der Waals surface area contributed by atoms with Crippen LogP contribution >= 0.6 is 11.6 Å². The van der Waals surface area contributed by atoms with Gasteiger partial charge in [0.05, 0.1) is 10.4 Å². The Labute approximate surface area is 140 Å². The second-order valence-electron chi connectivity index (χ2n) is 4.88. The molecule has 118 valence electrons. The van der Waals surface area contributed by atoms with E-state index in [-0.39, 0.29) is 5.88 Å². The first-order valence-corrected chi connectivity index (χ1v) is 7.26. The third-order valence-electron chi connectivity index (χ3n) is 3.39. The van der Waals surface area contributed by atoms with Gasteiger partial charge in [-0.05, 0) is 12.1 Å². The van der Waals surface area contributed by atoms with E-state index < -0.39 is 11.9 Å². The molecule has 4 bridgehead atoms. The summed E-state index contributed by atoms with van der Waals surface area (Å²) in [5, 5.41) is 5.16. The third kappa shape index (κ3) is 2.31. The molecule has 4 rings (SSSR count). The number of nitrogens with zero attached hydrogens (tertiary/aromatic N) is 3. The largest absolute Gasteiger partial charge is 0.403 e. The van der Waals surface area contributed by atoms with E-state index in [0.29, 0.717) is 27.2 Å². The minimum Gasteiger partial charge on any atom is -0.403 e. The molecule has 2 aromatic heterocycles. The van der Waals surface area contributed by atoms with Gasteiger partial charge in [-0.25, -0.2) is 14.6 Å².